The van der Waals surface area contributed by atoms with E-state index in [0.29, 0.717) is 6.42 Å². The highest BCUT2D eigenvalue weighted by Gasteiger charge is 2.28. The van der Waals surface area contributed by atoms with Gasteiger partial charge in [-0.05, 0) is 32.6 Å². The maximum absolute atomic E-state index is 12.9. The molecule has 4 N–H and O–H groups in total. The minimum Gasteiger partial charge on any atom is -0.349 e. The number of carbonyl (C=O) groups excluding carboxylic acids is 6. The number of alkyl halides is 1. The molecule has 34 heavy (non-hydrogen) atoms. The van der Waals surface area contributed by atoms with Crippen molar-refractivity contribution in [2.24, 2.45) is 5.92 Å². The lowest BCUT2D eigenvalue weighted by Crippen LogP contribution is -2.56. The van der Waals surface area contributed by atoms with Gasteiger partial charge >= 0.3 is 0 Å². The van der Waals surface area contributed by atoms with Crippen LogP contribution in [-0.4, -0.2) is 85.2 Å². The minimum absolute atomic E-state index is 0.0701. The Morgan fingerprint density at radius 3 is 1.71 bits per heavy atom. The van der Waals surface area contributed by atoms with Crippen molar-refractivity contribution in [1.29, 1.82) is 0 Å². The summed E-state index contributed by atoms with van der Waals surface area (Å²) in [5.41, 5.74) is 0. The number of halogens is 1. The van der Waals surface area contributed by atoms with Crippen molar-refractivity contribution in [3.8, 4) is 0 Å². The van der Waals surface area contributed by atoms with Crippen LogP contribution in [0.5, 0.6) is 0 Å². The fourth-order valence-electron chi connectivity index (χ4n) is 2.93. The Labute approximate surface area is 199 Å². The molecule has 5 amide bonds. The van der Waals surface area contributed by atoms with E-state index in [1.807, 2.05) is 13.8 Å². The molecule has 194 valence electrons. The van der Waals surface area contributed by atoms with E-state index in [4.69, 9.17) is 0 Å². The largest absolute Gasteiger partial charge is 0.349 e. The van der Waals surface area contributed by atoms with Crippen LogP contribution in [0.3, 0.4) is 0 Å². The molecule has 0 heterocycles. The third kappa shape index (κ3) is 11.7. The predicted octanol–water partition coefficient (Wildman–Crippen LogP) is -0.562. The van der Waals surface area contributed by atoms with Gasteiger partial charge < -0.3 is 26.2 Å². The van der Waals surface area contributed by atoms with Gasteiger partial charge in [0.1, 0.15) is 24.8 Å². The fourth-order valence-corrected chi connectivity index (χ4v) is 2.93. The van der Waals surface area contributed by atoms with Crippen LogP contribution in [0.2, 0.25) is 0 Å². The molecule has 0 aliphatic rings. The topological polar surface area (TPSA) is 154 Å². The van der Waals surface area contributed by atoms with Crippen LogP contribution in [-0.2, 0) is 28.8 Å². The van der Waals surface area contributed by atoms with Crippen LogP contribution in [0.4, 0.5) is 4.39 Å². The fraction of sp³-hybridized carbons (Fsp3) is 0.727. The van der Waals surface area contributed by atoms with Crippen LogP contribution < -0.4 is 21.3 Å². The van der Waals surface area contributed by atoms with Gasteiger partial charge in [-0.15, -0.1) is 0 Å². The van der Waals surface area contributed by atoms with E-state index >= 15 is 0 Å². The van der Waals surface area contributed by atoms with E-state index in [-0.39, 0.29) is 30.6 Å². The molecule has 0 aromatic carbocycles. The average molecular weight is 488 g/mol. The highest BCUT2D eigenvalue weighted by molar-refractivity contribution is 5.95. The second-order valence-corrected chi connectivity index (χ2v) is 8.83. The third-order valence-corrected chi connectivity index (χ3v) is 4.89. The maximum Gasteiger partial charge on any atom is 0.243 e. The normalized spacial score (nSPS) is 14.3. The van der Waals surface area contributed by atoms with Crippen molar-refractivity contribution in [1.82, 2.24) is 26.2 Å². The first-order valence-electron chi connectivity index (χ1n) is 11.2. The zero-order chi connectivity index (χ0) is 26.6. The Morgan fingerprint density at radius 1 is 0.765 bits per heavy atom. The van der Waals surface area contributed by atoms with E-state index in [1.54, 1.807) is 0 Å². The molecule has 4 unspecified atom stereocenters. The van der Waals surface area contributed by atoms with Gasteiger partial charge in [0.15, 0.2) is 5.78 Å². The van der Waals surface area contributed by atoms with Crippen LogP contribution in [0.25, 0.3) is 0 Å². The van der Waals surface area contributed by atoms with Crippen molar-refractivity contribution in [2.45, 2.75) is 78.0 Å². The Morgan fingerprint density at radius 2 is 1.26 bits per heavy atom. The number of Topliss-reactive ketones (excluding diaryl/α,β-unsaturated/α-hetero) is 1. The number of nitrogens with zero attached hydrogens (tertiary/aromatic N) is 1. The number of ketones is 1. The molecular formula is C22H38FN5O6. The van der Waals surface area contributed by atoms with E-state index in [0.717, 1.165) is 0 Å². The van der Waals surface area contributed by atoms with Crippen LogP contribution in [0, 0.1) is 5.92 Å². The molecule has 0 aliphatic carbocycles. The molecular weight excluding hydrogens is 449 g/mol. The summed E-state index contributed by atoms with van der Waals surface area (Å²) in [6, 6.07) is -4.15. The SMILES string of the molecule is CC(=O)NC(CC(C)C)C(=O)NC(C)C(=O)NC(C)C(=O)NC(CCC(=O)N(C)C)C(=O)CF. The summed E-state index contributed by atoms with van der Waals surface area (Å²) in [7, 11) is 3.07. The van der Waals surface area contributed by atoms with E-state index in [2.05, 4.69) is 21.3 Å². The number of nitrogens with one attached hydrogen (secondary N) is 4. The zero-order valence-electron chi connectivity index (χ0n) is 21.0. The van der Waals surface area contributed by atoms with E-state index < -0.39 is 54.3 Å². The Kier molecular flexibility index (Phi) is 13.6. The highest BCUT2D eigenvalue weighted by Crippen LogP contribution is 2.06. The van der Waals surface area contributed by atoms with Gasteiger partial charge in [-0.1, -0.05) is 13.8 Å². The lowest BCUT2D eigenvalue weighted by atomic mass is 10.0. The van der Waals surface area contributed by atoms with Crippen LogP contribution in [0.15, 0.2) is 0 Å². The van der Waals surface area contributed by atoms with E-state index in [1.165, 1.54) is 39.8 Å². The van der Waals surface area contributed by atoms with Crippen molar-refractivity contribution in [3.05, 3.63) is 0 Å². The molecule has 0 spiro atoms. The molecule has 0 aromatic heterocycles. The second kappa shape index (κ2) is 15.0. The van der Waals surface area contributed by atoms with Crippen molar-refractivity contribution in [3.63, 3.8) is 0 Å². The van der Waals surface area contributed by atoms with Gasteiger partial charge in [-0.3, -0.25) is 28.8 Å². The summed E-state index contributed by atoms with van der Waals surface area (Å²) in [5, 5.41) is 9.82. The van der Waals surface area contributed by atoms with Gasteiger partial charge in [-0.2, -0.15) is 0 Å². The minimum atomic E-state index is -1.31. The average Bonchev–Trinajstić information content (AvgIpc) is 2.73. The van der Waals surface area contributed by atoms with E-state index in [9.17, 15) is 33.2 Å². The Hall–Kier alpha value is -3.05. The molecule has 0 radical (unpaired) electrons. The molecule has 0 aromatic rings. The molecule has 12 heteroatoms. The zero-order valence-corrected chi connectivity index (χ0v) is 21.0. The Balaban J connectivity index is 4.99. The molecule has 11 nitrogen and oxygen atoms in total. The summed E-state index contributed by atoms with van der Waals surface area (Å²) in [5.74, 6) is -3.38. The molecule has 0 aliphatic heterocycles. The quantitative estimate of drug-likeness (QED) is 0.258. The third-order valence-electron chi connectivity index (χ3n) is 4.89. The molecule has 0 saturated heterocycles. The monoisotopic (exact) mass is 487 g/mol. The molecule has 0 bridgehead atoms. The summed E-state index contributed by atoms with van der Waals surface area (Å²) < 4.78 is 12.9. The first-order valence-corrected chi connectivity index (χ1v) is 11.2. The maximum atomic E-state index is 12.9. The van der Waals surface area contributed by atoms with Crippen molar-refractivity contribution >= 4 is 35.3 Å². The molecule has 0 saturated carbocycles. The summed E-state index contributed by atoms with van der Waals surface area (Å²) in [6.07, 6.45) is 0.219. The number of rotatable bonds is 14. The summed E-state index contributed by atoms with van der Waals surface area (Å²) in [6.45, 7) is 6.53. The van der Waals surface area contributed by atoms with Gasteiger partial charge in [-0.25, -0.2) is 4.39 Å². The van der Waals surface area contributed by atoms with Crippen molar-refractivity contribution in [2.75, 3.05) is 20.8 Å². The molecule has 4 atom stereocenters. The molecule has 0 rings (SSSR count). The Bertz CT molecular complexity index is 758. The predicted molar refractivity (Wildman–Crippen MR) is 123 cm³/mol. The number of hydrogen-bond donors (Lipinski definition) is 4. The lowest BCUT2D eigenvalue weighted by molar-refractivity contribution is -0.134. The van der Waals surface area contributed by atoms with Gasteiger partial charge in [0, 0.05) is 27.4 Å². The molecule has 0 fully saturated rings. The summed E-state index contributed by atoms with van der Waals surface area (Å²) in [4.78, 5) is 73.7. The van der Waals surface area contributed by atoms with Gasteiger partial charge in [0.2, 0.25) is 29.5 Å². The van der Waals surface area contributed by atoms with Gasteiger partial charge in [0.25, 0.3) is 0 Å². The first-order chi connectivity index (χ1) is 15.7. The van der Waals surface area contributed by atoms with Crippen molar-refractivity contribution < 1.29 is 33.2 Å². The standard InChI is InChI=1S/C22H38FN5O6/c1-12(2)10-17(26-15(5)29)22(34)25-13(3)20(32)24-14(4)21(33)27-16(18(30)11-23)8-9-19(31)28(6)7/h12-14,16-17H,8-11H2,1-7H3,(H,24,32)(H,25,34)(H,26,29)(H,27,33). The summed E-state index contributed by atoms with van der Waals surface area (Å²) >= 11 is 0. The first kappa shape index (κ1) is 30.9. The van der Waals surface area contributed by atoms with Crippen LogP contribution in [0.1, 0.15) is 53.9 Å². The number of carbonyl (C=O) groups is 6. The number of hydrogen-bond acceptors (Lipinski definition) is 6. The second-order valence-electron chi connectivity index (χ2n) is 8.83. The lowest BCUT2D eigenvalue weighted by Gasteiger charge is -2.24. The smallest absolute Gasteiger partial charge is 0.243 e. The van der Waals surface area contributed by atoms with Crippen LogP contribution >= 0.6 is 0 Å². The highest BCUT2D eigenvalue weighted by atomic mass is 19.1. The number of amides is 5. The van der Waals surface area contributed by atoms with Gasteiger partial charge in [0.05, 0.1) is 6.04 Å².